The summed E-state index contributed by atoms with van der Waals surface area (Å²) in [6.07, 6.45) is 3.44. The van der Waals surface area contributed by atoms with Crippen LogP contribution >= 0.6 is 38.5 Å². The first-order valence-corrected chi connectivity index (χ1v) is 7.61. The highest BCUT2D eigenvalue weighted by Crippen LogP contribution is 2.20. The Labute approximate surface area is 134 Å². The van der Waals surface area contributed by atoms with Crippen molar-refractivity contribution >= 4 is 44.4 Å². The number of benzene rings is 1. The van der Waals surface area contributed by atoms with Crippen LogP contribution < -0.4 is 5.32 Å². The number of hydrogen-bond acceptors (Lipinski definition) is 2. The van der Waals surface area contributed by atoms with E-state index in [2.05, 4.69) is 48.8 Å². The SMILES string of the molecule is CC(NC(=O)c1cc(I)ccc1Br)c1ccncc1. The lowest BCUT2D eigenvalue weighted by Gasteiger charge is -2.15. The van der Waals surface area contributed by atoms with Crippen molar-refractivity contribution < 1.29 is 4.79 Å². The van der Waals surface area contributed by atoms with Gasteiger partial charge in [0.05, 0.1) is 11.6 Å². The Bertz CT molecular complexity index is 589. The molecule has 0 bridgehead atoms. The Morgan fingerprint density at radius 2 is 2.00 bits per heavy atom. The van der Waals surface area contributed by atoms with Gasteiger partial charge in [0.2, 0.25) is 0 Å². The molecular weight excluding hydrogens is 419 g/mol. The Hall–Kier alpha value is -0.950. The van der Waals surface area contributed by atoms with Gasteiger partial charge < -0.3 is 5.32 Å². The van der Waals surface area contributed by atoms with Gasteiger partial charge in [0.15, 0.2) is 0 Å². The van der Waals surface area contributed by atoms with Crippen LogP contribution in [0, 0.1) is 3.57 Å². The van der Waals surface area contributed by atoms with E-state index < -0.39 is 0 Å². The third-order valence-electron chi connectivity index (χ3n) is 2.73. The summed E-state index contributed by atoms with van der Waals surface area (Å²) in [6.45, 7) is 1.95. The normalized spacial score (nSPS) is 11.9. The first-order chi connectivity index (χ1) is 9.08. The number of amides is 1. The lowest BCUT2D eigenvalue weighted by molar-refractivity contribution is 0.0939. The number of pyridine rings is 1. The van der Waals surface area contributed by atoms with Gasteiger partial charge in [-0.3, -0.25) is 9.78 Å². The molecule has 0 saturated carbocycles. The van der Waals surface area contributed by atoms with Gasteiger partial charge in [-0.05, 0) is 81.3 Å². The van der Waals surface area contributed by atoms with Crippen molar-refractivity contribution in [1.29, 1.82) is 0 Å². The van der Waals surface area contributed by atoms with Crippen LogP contribution in [0.5, 0.6) is 0 Å². The van der Waals surface area contributed by atoms with E-state index in [0.717, 1.165) is 13.6 Å². The van der Waals surface area contributed by atoms with Gasteiger partial charge >= 0.3 is 0 Å². The Morgan fingerprint density at radius 1 is 1.32 bits per heavy atom. The van der Waals surface area contributed by atoms with E-state index in [4.69, 9.17) is 0 Å². The molecule has 0 spiro atoms. The predicted molar refractivity (Wildman–Crippen MR) is 87.0 cm³/mol. The fraction of sp³-hybridized carbons (Fsp3) is 0.143. The van der Waals surface area contributed by atoms with Gasteiger partial charge in [-0.25, -0.2) is 0 Å². The molecule has 0 aliphatic rings. The fourth-order valence-corrected chi connectivity index (χ4v) is 2.60. The number of halogens is 2. The van der Waals surface area contributed by atoms with Crippen molar-refractivity contribution in [3.05, 3.63) is 61.9 Å². The van der Waals surface area contributed by atoms with Gasteiger partial charge in [0.1, 0.15) is 0 Å². The van der Waals surface area contributed by atoms with E-state index in [-0.39, 0.29) is 11.9 Å². The second-order valence-electron chi connectivity index (χ2n) is 4.10. The molecule has 0 aliphatic carbocycles. The highest BCUT2D eigenvalue weighted by atomic mass is 127. The second kappa shape index (κ2) is 6.47. The molecule has 0 saturated heterocycles. The molecule has 1 unspecified atom stereocenters. The van der Waals surface area contributed by atoms with Crippen molar-refractivity contribution in [3.63, 3.8) is 0 Å². The van der Waals surface area contributed by atoms with E-state index in [9.17, 15) is 4.79 Å². The van der Waals surface area contributed by atoms with Gasteiger partial charge in [0, 0.05) is 20.4 Å². The molecule has 1 heterocycles. The highest BCUT2D eigenvalue weighted by molar-refractivity contribution is 14.1. The number of rotatable bonds is 3. The summed E-state index contributed by atoms with van der Waals surface area (Å²) < 4.78 is 1.83. The molecule has 1 amide bonds. The van der Waals surface area contributed by atoms with Gasteiger partial charge in [-0.1, -0.05) is 0 Å². The summed E-state index contributed by atoms with van der Waals surface area (Å²) in [5.41, 5.74) is 1.68. The molecule has 3 nitrogen and oxygen atoms in total. The number of nitrogens with one attached hydrogen (secondary N) is 1. The topological polar surface area (TPSA) is 42.0 Å². The maximum absolute atomic E-state index is 12.2. The molecule has 0 fully saturated rings. The quantitative estimate of drug-likeness (QED) is 0.749. The summed E-state index contributed by atoms with van der Waals surface area (Å²) in [6, 6.07) is 9.44. The van der Waals surface area contributed by atoms with Gasteiger partial charge in [-0.2, -0.15) is 0 Å². The lowest BCUT2D eigenvalue weighted by atomic mass is 10.1. The number of nitrogens with zero attached hydrogens (tertiary/aromatic N) is 1. The Balaban J connectivity index is 2.15. The number of aromatic nitrogens is 1. The summed E-state index contributed by atoms with van der Waals surface area (Å²) in [7, 11) is 0. The molecule has 1 aromatic carbocycles. The minimum absolute atomic E-state index is 0.0553. The first-order valence-electron chi connectivity index (χ1n) is 5.74. The van der Waals surface area contributed by atoms with E-state index >= 15 is 0 Å². The van der Waals surface area contributed by atoms with Crippen LogP contribution in [-0.2, 0) is 0 Å². The molecule has 19 heavy (non-hydrogen) atoms. The molecule has 0 radical (unpaired) electrons. The fourth-order valence-electron chi connectivity index (χ4n) is 1.68. The summed E-state index contributed by atoms with van der Waals surface area (Å²) in [4.78, 5) is 16.2. The third-order valence-corrected chi connectivity index (χ3v) is 4.09. The van der Waals surface area contributed by atoms with Crippen molar-refractivity contribution in [3.8, 4) is 0 Å². The predicted octanol–water partition coefficient (Wildman–Crippen LogP) is 3.94. The monoisotopic (exact) mass is 430 g/mol. The summed E-state index contributed by atoms with van der Waals surface area (Å²) in [5, 5.41) is 2.98. The smallest absolute Gasteiger partial charge is 0.252 e. The van der Waals surface area contributed by atoms with E-state index in [1.165, 1.54) is 0 Å². The van der Waals surface area contributed by atoms with E-state index in [1.807, 2.05) is 37.3 Å². The van der Waals surface area contributed by atoms with Crippen LogP contribution in [0.3, 0.4) is 0 Å². The van der Waals surface area contributed by atoms with Crippen LogP contribution in [0.4, 0.5) is 0 Å². The Kier molecular flexibility index (Phi) is 4.93. The van der Waals surface area contributed by atoms with Crippen LogP contribution in [0.1, 0.15) is 28.9 Å². The van der Waals surface area contributed by atoms with Crippen molar-refractivity contribution in [2.75, 3.05) is 0 Å². The van der Waals surface area contributed by atoms with Crippen molar-refractivity contribution in [2.45, 2.75) is 13.0 Å². The van der Waals surface area contributed by atoms with Gasteiger partial charge in [0.25, 0.3) is 5.91 Å². The Morgan fingerprint density at radius 3 is 2.68 bits per heavy atom. The average molecular weight is 431 g/mol. The van der Waals surface area contributed by atoms with Gasteiger partial charge in [-0.15, -0.1) is 0 Å². The molecule has 1 aromatic heterocycles. The zero-order valence-corrected chi connectivity index (χ0v) is 14.0. The largest absolute Gasteiger partial charge is 0.345 e. The number of carbonyl (C=O) groups excluding carboxylic acids is 1. The summed E-state index contributed by atoms with van der Waals surface area (Å²) >= 11 is 5.59. The average Bonchev–Trinajstić information content (AvgIpc) is 2.42. The number of carbonyl (C=O) groups is 1. The maximum Gasteiger partial charge on any atom is 0.252 e. The molecule has 0 aliphatic heterocycles. The minimum atomic E-state index is -0.0882. The standard InChI is InChI=1S/C14H12BrIN2O/c1-9(10-4-6-17-7-5-10)18-14(19)12-8-11(16)2-3-13(12)15/h2-9H,1H3,(H,18,19). The third kappa shape index (κ3) is 3.76. The highest BCUT2D eigenvalue weighted by Gasteiger charge is 2.14. The van der Waals surface area contributed by atoms with Crippen LogP contribution in [-0.4, -0.2) is 10.9 Å². The molecule has 2 aromatic rings. The second-order valence-corrected chi connectivity index (χ2v) is 6.20. The van der Waals surface area contributed by atoms with E-state index in [1.54, 1.807) is 12.4 Å². The molecular formula is C14H12BrIN2O. The van der Waals surface area contributed by atoms with Crippen molar-refractivity contribution in [1.82, 2.24) is 10.3 Å². The molecule has 5 heteroatoms. The summed E-state index contributed by atoms with van der Waals surface area (Å²) in [5.74, 6) is -0.0882. The zero-order valence-electron chi connectivity index (χ0n) is 10.2. The minimum Gasteiger partial charge on any atom is -0.345 e. The number of hydrogen-bond donors (Lipinski definition) is 1. The van der Waals surface area contributed by atoms with E-state index in [0.29, 0.717) is 5.56 Å². The lowest BCUT2D eigenvalue weighted by Crippen LogP contribution is -2.27. The molecule has 98 valence electrons. The van der Waals surface area contributed by atoms with Crippen molar-refractivity contribution in [2.24, 2.45) is 0 Å². The van der Waals surface area contributed by atoms with Crippen LogP contribution in [0.2, 0.25) is 0 Å². The maximum atomic E-state index is 12.2. The first kappa shape index (κ1) is 14.5. The van der Waals surface area contributed by atoms with Crippen LogP contribution in [0.15, 0.2) is 47.2 Å². The molecule has 1 N–H and O–H groups in total. The van der Waals surface area contributed by atoms with Crippen LogP contribution in [0.25, 0.3) is 0 Å². The molecule has 1 atom stereocenters. The molecule has 2 rings (SSSR count). The zero-order chi connectivity index (χ0) is 13.8.